The lowest BCUT2D eigenvalue weighted by molar-refractivity contribution is 0.0989. The Kier molecular flexibility index (Phi) is 4.87. The fourth-order valence-electron chi connectivity index (χ4n) is 2.45. The minimum atomic E-state index is -0.290. The van der Waals surface area contributed by atoms with Crippen molar-refractivity contribution < 1.29 is 18.8 Å². The fraction of sp³-hybridized carbons (Fsp3) is 0.444. The standard InChI is InChI=1S/C18H24N2O4/c1-11-15(16(19-24-11)18(2,3)4)17(21)20(5)12-8-9-13(22-6)14(10-12)23-7/h8-10H,1-7H3. The highest BCUT2D eigenvalue weighted by Gasteiger charge is 2.31. The number of carbonyl (C=O) groups excluding carboxylic acids is 1. The van der Waals surface area contributed by atoms with Gasteiger partial charge in [-0.15, -0.1) is 0 Å². The molecule has 0 saturated carbocycles. The molecule has 24 heavy (non-hydrogen) atoms. The minimum Gasteiger partial charge on any atom is -0.493 e. The maximum absolute atomic E-state index is 13.0. The van der Waals surface area contributed by atoms with Crippen molar-refractivity contribution in [3.05, 3.63) is 35.2 Å². The van der Waals surface area contributed by atoms with E-state index in [0.29, 0.717) is 34.2 Å². The first-order valence-corrected chi connectivity index (χ1v) is 7.67. The molecule has 0 unspecified atom stereocenters. The predicted molar refractivity (Wildman–Crippen MR) is 92.2 cm³/mol. The van der Waals surface area contributed by atoms with E-state index in [1.807, 2.05) is 20.8 Å². The van der Waals surface area contributed by atoms with Gasteiger partial charge in [-0.25, -0.2) is 0 Å². The van der Waals surface area contributed by atoms with Crippen LogP contribution in [0.2, 0.25) is 0 Å². The van der Waals surface area contributed by atoms with Gasteiger partial charge in [0.05, 0.1) is 14.2 Å². The Balaban J connectivity index is 2.43. The molecule has 0 fully saturated rings. The number of rotatable bonds is 4. The van der Waals surface area contributed by atoms with Gasteiger partial charge in [0, 0.05) is 24.2 Å². The van der Waals surface area contributed by atoms with Crippen molar-refractivity contribution in [3.63, 3.8) is 0 Å². The highest BCUT2D eigenvalue weighted by Crippen LogP contribution is 2.33. The molecule has 1 aromatic heterocycles. The SMILES string of the molecule is COc1ccc(N(C)C(=O)c2c(C(C)(C)C)noc2C)cc1OC. The summed E-state index contributed by atoms with van der Waals surface area (Å²) in [6.07, 6.45) is 0. The molecule has 0 saturated heterocycles. The molecule has 6 nitrogen and oxygen atoms in total. The van der Waals surface area contributed by atoms with Crippen molar-refractivity contribution in [1.29, 1.82) is 0 Å². The fourth-order valence-corrected chi connectivity index (χ4v) is 2.45. The van der Waals surface area contributed by atoms with Gasteiger partial charge in [-0.05, 0) is 19.1 Å². The van der Waals surface area contributed by atoms with E-state index in [2.05, 4.69) is 5.16 Å². The van der Waals surface area contributed by atoms with E-state index in [1.165, 1.54) is 0 Å². The van der Waals surface area contributed by atoms with Gasteiger partial charge >= 0.3 is 0 Å². The lowest BCUT2D eigenvalue weighted by atomic mass is 9.88. The lowest BCUT2D eigenvalue weighted by Crippen LogP contribution is -2.29. The Morgan fingerprint density at radius 1 is 1.17 bits per heavy atom. The summed E-state index contributed by atoms with van der Waals surface area (Å²) in [5, 5.41) is 4.08. The molecule has 1 amide bonds. The minimum absolute atomic E-state index is 0.175. The lowest BCUT2D eigenvalue weighted by Gasteiger charge is -2.21. The number of ether oxygens (including phenoxy) is 2. The summed E-state index contributed by atoms with van der Waals surface area (Å²) in [4.78, 5) is 14.6. The van der Waals surface area contributed by atoms with E-state index < -0.39 is 0 Å². The number of anilines is 1. The highest BCUT2D eigenvalue weighted by atomic mass is 16.5. The zero-order chi connectivity index (χ0) is 18.1. The highest BCUT2D eigenvalue weighted by molar-refractivity contribution is 6.07. The van der Waals surface area contributed by atoms with Crippen LogP contribution in [0.25, 0.3) is 0 Å². The average molecular weight is 332 g/mol. The van der Waals surface area contributed by atoms with Gasteiger partial charge in [0.1, 0.15) is 17.0 Å². The summed E-state index contributed by atoms with van der Waals surface area (Å²) in [6, 6.07) is 5.33. The number of aryl methyl sites for hydroxylation is 1. The van der Waals surface area contributed by atoms with Crippen LogP contribution in [0.4, 0.5) is 5.69 Å². The van der Waals surface area contributed by atoms with Crippen LogP contribution in [-0.4, -0.2) is 32.3 Å². The van der Waals surface area contributed by atoms with E-state index in [4.69, 9.17) is 14.0 Å². The van der Waals surface area contributed by atoms with Crippen molar-refractivity contribution in [3.8, 4) is 11.5 Å². The second-order valence-electron chi connectivity index (χ2n) is 6.62. The van der Waals surface area contributed by atoms with Crippen molar-refractivity contribution in [2.45, 2.75) is 33.1 Å². The molecule has 2 rings (SSSR count). The quantitative estimate of drug-likeness (QED) is 0.856. The normalized spacial score (nSPS) is 11.3. The Morgan fingerprint density at radius 3 is 2.33 bits per heavy atom. The first-order valence-electron chi connectivity index (χ1n) is 7.67. The summed E-state index contributed by atoms with van der Waals surface area (Å²) in [5.74, 6) is 1.51. The number of amides is 1. The van der Waals surface area contributed by atoms with E-state index in [1.54, 1.807) is 51.3 Å². The third-order valence-electron chi connectivity index (χ3n) is 3.85. The van der Waals surface area contributed by atoms with Crippen LogP contribution in [0.5, 0.6) is 11.5 Å². The Bertz CT molecular complexity index is 744. The molecule has 0 aliphatic carbocycles. The maximum atomic E-state index is 13.0. The third-order valence-corrected chi connectivity index (χ3v) is 3.85. The van der Waals surface area contributed by atoms with Gasteiger partial charge in [-0.1, -0.05) is 25.9 Å². The number of benzene rings is 1. The molecule has 1 heterocycles. The van der Waals surface area contributed by atoms with E-state index in [-0.39, 0.29) is 11.3 Å². The first kappa shape index (κ1) is 17.8. The average Bonchev–Trinajstić information content (AvgIpc) is 2.94. The molecule has 0 atom stereocenters. The second kappa shape index (κ2) is 6.55. The second-order valence-corrected chi connectivity index (χ2v) is 6.62. The third kappa shape index (κ3) is 3.22. The van der Waals surface area contributed by atoms with Crippen LogP contribution in [0, 0.1) is 6.92 Å². The maximum Gasteiger partial charge on any atom is 0.263 e. The van der Waals surface area contributed by atoms with Crippen LogP contribution in [0.3, 0.4) is 0 Å². The smallest absolute Gasteiger partial charge is 0.263 e. The molecule has 0 radical (unpaired) electrons. The van der Waals surface area contributed by atoms with E-state index in [0.717, 1.165) is 0 Å². The van der Waals surface area contributed by atoms with Crippen LogP contribution < -0.4 is 14.4 Å². The first-order chi connectivity index (χ1) is 11.2. The largest absolute Gasteiger partial charge is 0.493 e. The van der Waals surface area contributed by atoms with Crippen LogP contribution in [-0.2, 0) is 5.41 Å². The Labute approximate surface area is 142 Å². The van der Waals surface area contributed by atoms with Crippen LogP contribution in [0.1, 0.15) is 42.6 Å². The number of carbonyl (C=O) groups is 1. The van der Waals surface area contributed by atoms with Gasteiger partial charge in [-0.2, -0.15) is 0 Å². The van der Waals surface area contributed by atoms with Gasteiger partial charge in [0.2, 0.25) is 0 Å². The van der Waals surface area contributed by atoms with Crippen molar-refractivity contribution in [1.82, 2.24) is 5.16 Å². The molecule has 1 aromatic carbocycles. The zero-order valence-electron chi connectivity index (χ0n) is 15.3. The molecule has 6 heteroatoms. The number of nitrogens with zero attached hydrogens (tertiary/aromatic N) is 2. The molecule has 0 aliphatic rings. The number of hydrogen-bond acceptors (Lipinski definition) is 5. The van der Waals surface area contributed by atoms with Gasteiger partial charge in [0.25, 0.3) is 5.91 Å². The van der Waals surface area contributed by atoms with Crippen LogP contribution in [0.15, 0.2) is 22.7 Å². The summed E-state index contributed by atoms with van der Waals surface area (Å²) in [6.45, 7) is 7.74. The number of aromatic nitrogens is 1. The van der Waals surface area contributed by atoms with Crippen molar-refractivity contribution in [2.75, 3.05) is 26.2 Å². The van der Waals surface area contributed by atoms with E-state index in [9.17, 15) is 4.79 Å². The summed E-state index contributed by atoms with van der Waals surface area (Å²) in [5.41, 5.74) is 1.55. The molecule has 130 valence electrons. The van der Waals surface area contributed by atoms with Gasteiger partial charge in [0.15, 0.2) is 11.5 Å². The predicted octanol–water partition coefficient (Wildman–Crippen LogP) is 3.57. The molecule has 0 N–H and O–H groups in total. The molecular weight excluding hydrogens is 308 g/mol. The number of hydrogen-bond donors (Lipinski definition) is 0. The van der Waals surface area contributed by atoms with Crippen molar-refractivity contribution >= 4 is 11.6 Å². The molecule has 2 aromatic rings. The van der Waals surface area contributed by atoms with Crippen LogP contribution >= 0.6 is 0 Å². The summed E-state index contributed by atoms with van der Waals surface area (Å²) >= 11 is 0. The topological polar surface area (TPSA) is 64.8 Å². The zero-order valence-corrected chi connectivity index (χ0v) is 15.3. The van der Waals surface area contributed by atoms with Crippen molar-refractivity contribution in [2.24, 2.45) is 0 Å². The molecular formula is C18H24N2O4. The monoisotopic (exact) mass is 332 g/mol. The van der Waals surface area contributed by atoms with E-state index >= 15 is 0 Å². The van der Waals surface area contributed by atoms with Gasteiger partial charge < -0.3 is 18.9 Å². The number of methoxy groups -OCH3 is 2. The van der Waals surface area contributed by atoms with Gasteiger partial charge in [-0.3, -0.25) is 4.79 Å². The Morgan fingerprint density at radius 2 is 1.79 bits per heavy atom. The summed E-state index contributed by atoms with van der Waals surface area (Å²) in [7, 11) is 4.84. The molecule has 0 aliphatic heterocycles. The molecule has 0 bridgehead atoms. The summed E-state index contributed by atoms with van der Waals surface area (Å²) < 4.78 is 15.8. The molecule has 0 spiro atoms. The Hall–Kier alpha value is -2.50.